The van der Waals surface area contributed by atoms with Crippen LogP contribution < -0.4 is 16.4 Å². The molecule has 0 aliphatic carbocycles. The van der Waals surface area contributed by atoms with E-state index in [1.165, 1.54) is 0 Å². The normalized spacial score (nSPS) is 11.8. The fourth-order valence-corrected chi connectivity index (χ4v) is 8.98. The van der Waals surface area contributed by atoms with E-state index >= 15 is 0 Å². The Labute approximate surface area is 324 Å². The summed E-state index contributed by atoms with van der Waals surface area (Å²) < 4.78 is 0. The second-order valence-corrected chi connectivity index (χ2v) is 14.9. The fraction of sp³-hybridized carbons (Fsp3) is 0. The predicted octanol–water partition coefficient (Wildman–Crippen LogP) is 6.91. The summed E-state index contributed by atoms with van der Waals surface area (Å²) in [6, 6.07) is 45.3. The van der Waals surface area contributed by atoms with E-state index in [1.54, 1.807) is 15.7 Å². The monoisotopic (exact) mass is 722 g/mol. The van der Waals surface area contributed by atoms with Crippen molar-refractivity contribution in [3.8, 4) is 62.1 Å². The van der Waals surface area contributed by atoms with Crippen molar-refractivity contribution in [1.29, 1.82) is 0 Å². The van der Waals surface area contributed by atoms with Crippen molar-refractivity contribution in [2.24, 2.45) is 0 Å². The quantitative estimate of drug-likeness (QED) is 0.0591. The van der Waals surface area contributed by atoms with E-state index in [0.717, 1.165) is 59.8 Å². The minimum absolute atomic E-state index is 0.0674. The summed E-state index contributed by atoms with van der Waals surface area (Å²) in [4.78, 5) is 0. The van der Waals surface area contributed by atoms with Crippen LogP contribution in [0.2, 0.25) is 0 Å². The summed E-state index contributed by atoms with van der Waals surface area (Å²) in [5.74, 6) is -1.76. The lowest BCUT2D eigenvalue weighted by Crippen LogP contribution is -2.19. The largest absolute Gasteiger partial charge is 0.509 e. The standard InChI is InChI=1S/C48H33B3O5/c49-41-37-35(30-12-5-11-26(21-30)28-16-15-23-7-1-2-8-24(23)19-28)39-38(42(50)47(55)48(56)45(39)53)36(40(37)44(52)43(51)46(41)54)33-14-6-13-31-32(33)18-17-29-20-25-9-3-4-10-27(25)22-34(29)31/h1-22,52-56H,49-51H2. The van der Waals surface area contributed by atoms with Crippen LogP contribution >= 0.6 is 0 Å². The van der Waals surface area contributed by atoms with Gasteiger partial charge in [0.2, 0.25) is 0 Å². The van der Waals surface area contributed by atoms with Gasteiger partial charge in [-0.25, -0.2) is 0 Å². The molecule has 10 rings (SSSR count). The molecule has 5 nitrogen and oxygen atoms in total. The Morgan fingerprint density at radius 3 is 1.66 bits per heavy atom. The van der Waals surface area contributed by atoms with Crippen LogP contribution in [-0.2, 0) is 0 Å². The molecule has 264 valence electrons. The minimum Gasteiger partial charge on any atom is -0.509 e. The molecule has 0 radical (unpaired) electrons. The molecule has 0 amide bonds. The fourth-order valence-electron chi connectivity index (χ4n) is 8.98. The van der Waals surface area contributed by atoms with E-state index in [0.29, 0.717) is 54.6 Å². The third-order valence-electron chi connectivity index (χ3n) is 11.8. The number of aromatic hydroxyl groups is 5. The summed E-state index contributed by atoms with van der Waals surface area (Å²) in [5, 5.41) is 69.0. The molecule has 0 aromatic heterocycles. The average molecular weight is 722 g/mol. The van der Waals surface area contributed by atoms with Gasteiger partial charge in [-0.3, -0.25) is 0 Å². The molecule has 56 heavy (non-hydrogen) atoms. The van der Waals surface area contributed by atoms with Crippen LogP contribution in [0.5, 0.6) is 28.7 Å². The van der Waals surface area contributed by atoms with Gasteiger partial charge in [0, 0.05) is 21.9 Å². The highest BCUT2D eigenvalue weighted by Crippen LogP contribution is 2.53. The van der Waals surface area contributed by atoms with Gasteiger partial charge in [-0.2, -0.15) is 0 Å². The summed E-state index contributed by atoms with van der Waals surface area (Å²) in [5.41, 5.74) is 5.61. The SMILES string of the molecule is Bc1c(O)c(B)c2c(-c3cccc(-c4ccc5ccccc5c4)c3)c3c(O)c(O)c(O)c(B)c3c(-c3cccc4c3ccc3cc5ccccc5cc34)c2c1O. The summed E-state index contributed by atoms with van der Waals surface area (Å²) in [6.07, 6.45) is 0. The smallest absolute Gasteiger partial charge is 0.200 e. The summed E-state index contributed by atoms with van der Waals surface area (Å²) in [6.45, 7) is 0. The molecular formula is C48H33B3O5. The Hall–Kier alpha value is -7.05. The van der Waals surface area contributed by atoms with Gasteiger partial charge in [-0.15, -0.1) is 0 Å². The Balaban J connectivity index is 1.38. The zero-order valence-electron chi connectivity index (χ0n) is 30.9. The van der Waals surface area contributed by atoms with Gasteiger partial charge in [-0.05, 0) is 117 Å². The van der Waals surface area contributed by atoms with Gasteiger partial charge < -0.3 is 25.5 Å². The Bertz CT molecular complexity index is 3280. The van der Waals surface area contributed by atoms with Crippen LogP contribution in [0, 0.1) is 0 Å². The van der Waals surface area contributed by atoms with Crippen molar-refractivity contribution in [2.75, 3.05) is 0 Å². The molecule has 0 heterocycles. The second-order valence-electron chi connectivity index (χ2n) is 14.9. The van der Waals surface area contributed by atoms with Gasteiger partial charge >= 0.3 is 0 Å². The summed E-state index contributed by atoms with van der Waals surface area (Å²) in [7, 11) is 5.21. The lowest BCUT2D eigenvalue weighted by molar-refractivity contribution is 0.373. The van der Waals surface area contributed by atoms with Crippen molar-refractivity contribution in [3.63, 3.8) is 0 Å². The Morgan fingerprint density at radius 2 is 0.893 bits per heavy atom. The molecule has 8 heteroatoms. The van der Waals surface area contributed by atoms with Crippen molar-refractivity contribution >= 4 is 105 Å². The van der Waals surface area contributed by atoms with Crippen molar-refractivity contribution in [1.82, 2.24) is 0 Å². The molecule has 0 saturated heterocycles. The van der Waals surface area contributed by atoms with E-state index in [1.807, 2.05) is 68.5 Å². The average Bonchev–Trinajstić information content (AvgIpc) is 3.24. The van der Waals surface area contributed by atoms with E-state index in [9.17, 15) is 25.5 Å². The minimum atomic E-state index is -0.638. The number of phenols is 5. The summed E-state index contributed by atoms with van der Waals surface area (Å²) >= 11 is 0. The van der Waals surface area contributed by atoms with Crippen molar-refractivity contribution < 1.29 is 25.5 Å². The van der Waals surface area contributed by atoms with Gasteiger partial charge in [0.15, 0.2) is 17.2 Å². The van der Waals surface area contributed by atoms with Gasteiger partial charge in [0.05, 0.1) is 0 Å². The number of hydrogen-bond acceptors (Lipinski definition) is 5. The van der Waals surface area contributed by atoms with Crippen LogP contribution in [0.25, 0.3) is 98.0 Å². The van der Waals surface area contributed by atoms with E-state index < -0.39 is 17.2 Å². The van der Waals surface area contributed by atoms with Crippen LogP contribution in [-0.4, -0.2) is 49.1 Å². The molecule has 10 aromatic carbocycles. The van der Waals surface area contributed by atoms with Crippen LogP contribution in [0.1, 0.15) is 0 Å². The molecule has 0 atom stereocenters. The van der Waals surface area contributed by atoms with E-state index in [4.69, 9.17) is 0 Å². The molecule has 0 aliphatic heterocycles. The van der Waals surface area contributed by atoms with E-state index in [2.05, 4.69) is 72.8 Å². The molecule has 0 fully saturated rings. The molecule has 10 aromatic rings. The highest BCUT2D eigenvalue weighted by atomic mass is 16.3. The Morgan fingerprint density at radius 1 is 0.304 bits per heavy atom. The highest BCUT2D eigenvalue weighted by molar-refractivity contribution is 6.53. The molecule has 0 bridgehead atoms. The first kappa shape index (κ1) is 33.5. The lowest BCUT2D eigenvalue weighted by atomic mass is 9.72. The number of hydrogen-bond donors (Lipinski definition) is 5. The van der Waals surface area contributed by atoms with Crippen LogP contribution in [0.4, 0.5) is 0 Å². The van der Waals surface area contributed by atoms with Crippen LogP contribution in [0.15, 0.2) is 133 Å². The maximum atomic E-state index is 12.3. The molecular weight excluding hydrogens is 689 g/mol. The molecule has 0 saturated carbocycles. The van der Waals surface area contributed by atoms with Crippen molar-refractivity contribution in [2.45, 2.75) is 0 Å². The van der Waals surface area contributed by atoms with Crippen LogP contribution in [0.3, 0.4) is 0 Å². The van der Waals surface area contributed by atoms with Gasteiger partial charge in [-0.1, -0.05) is 109 Å². The van der Waals surface area contributed by atoms with Gasteiger partial charge in [0.25, 0.3) is 0 Å². The first-order chi connectivity index (χ1) is 27.1. The number of phenolic OH excluding ortho intramolecular Hbond substituents is 5. The Kier molecular flexibility index (Phi) is 7.32. The number of benzene rings is 10. The lowest BCUT2D eigenvalue weighted by Gasteiger charge is -2.25. The van der Waals surface area contributed by atoms with E-state index in [-0.39, 0.29) is 11.5 Å². The second kappa shape index (κ2) is 12.2. The highest BCUT2D eigenvalue weighted by Gasteiger charge is 2.30. The predicted molar refractivity (Wildman–Crippen MR) is 241 cm³/mol. The molecule has 0 aliphatic rings. The molecule has 5 N–H and O–H groups in total. The maximum Gasteiger partial charge on any atom is 0.200 e. The maximum absolute atomic E-state index is 12.3. The third kappa shape index (κ3) is 4.72. The van der Waals surface area contributed by atoms with Gasteiger partial charge in [0.1, 0.15) is 35.0 Å². The number of fused-ring (bicyclic) bond motifs is 7. The zero-order chi connectivity index (χ0) is 38.6. The first-order valence-corrected chi connectivity index (χ1v) is 18.6. The molecule has 0 unspecified atom stereocenters. The first-order valence-electron chi connectivity index (χ1n) is 18.6. The van der Waals surface area contributed by atoms with Crippen molar-refractivity contribution in [3.05, 3.63) is 133 Å². The third-order valence-corrected chi connectivity index (χ3v) is 11.8. The topological polar surface area (TPSA) is 101 Å². The number of rotatable bonds is 3. The molecule has 0 spiro atoms. The zero-order valence-corrected chi connectivity index (χ0v) is 30.9.